The molecule has 1 atom stereocenters. The Kier molecular flexibility index (Phi) is 5.18. The molecule has 0 aromatic heterocycles. The molecule has 2 aromatic carbocycles. The third-order valence-electron chi connectivity index (χ3n) is 4.04. The summed E-state index contributed by atoms with van der Waals surface area (Å²) in [6.07, 6.45) is 0.0139. The van der Waals surface area contributed by atoms with Crippen molar-refractivity contribution in [3.63, 3.8) is 0 Å². The number of nitrogens with one attached hydrogen (secondary N) is 2. The molecule has 0 bridgehead atoms. The van der Waals surface area contributed by atoms with Gasteiger partial charge in [0.2, 0.25) is 11.8 Å². The average molecular weight is 376 g/mol. The molecule has 0 radical (unpaired) electrons. The van der Waals surface area contributed by atoms with E-state index in [1.54, 1.807) is 12.1 Å². The fraction of sp³-hybridized carbons (Fsp3) is 0.167. The van der Waals surface area contributed by atoms with E-state index in [9.17, 15) is 18.8 Å². The quantitative estimate of drug-likeness (QED) is 0.808. The number of hydrazine groups is 1. The molecule has 1 aliphatic heterocycles. The molecule has 2 N–H and O–H groups in total. The molecule has 1 heterocycles. The number of nitrogens with zero attached hydrogens (tertiary/aromatic N) is 1. The number of rotatable bonds is 3. The van der Waals surface area contributed by atoms with Gasteiger partial charge < -0.3 is 4.90 Å². The molecule has 3 amide bonds. The zero-order valence-electron chi connectivity index (χ0n) is 13.5. The van der Waals surface area contributed by atoms with Crippen LogP contribution in [0.15, 0.2) is 48.5 Å². The van der Waals surface area contributed by atoms with Crippen molar-refractivity contribution in [1.29, 1.82) is 0 Å². The monoisotopic (exact) mass is 375 g/mol. The number of carbonyl (C=O) groups is 3. The molecule has 26 heavy (non-hydrogen) atoms. The molecule has 0 aliphatic carbocycles. The summed E-state index contributed by atoms with van der Waals surface area (Å²) >= 11 is 5.76. The van der Waals surface area contributed by atoms with Crippen LogP contribution >= 0.6 is 11.6 Å². The minimum absolute atomic E-state index is 0.0139. The van der Waals surface area contributed by atoms with E-state index in [4.69, 9.17) is 11.6 Å². The summed E-state index contributed by atoms with van der Waals surface area (Å²) in [5, 5.41) is 0.496. The van der Waals surface area contributed by atoms with Gasteiger partial charge in [0.05, 0.1) is 5.92 Å². The fourth-order valence-electron chi connectivity index (χ4n) is 2.65. The number of benzene rings is 2. The number of carbonyl (C=O) groups excluding carboxylic acids is 3. The minimum atomic E-state index is -0.613. The van der Waals surface area contributed by atoms with Gasteiger partial charge in [-0.05, 0) is 48.5 Å². The first-order chi connectivity index (χ1) is 12.4. The lowest BCUT2D eigenvalue weighted by Gasteiger charge is -2.16. The van der Waals surface area contributed by atoms with E-state index in [1.165, 1.54) is 41.3 Å². The zero-order valence-corrected chi connectivity index (χ0v) is 14.3. The first-order valence-corrected chi connectivity index (χ1v) is 8.23. The second-order valence-electron chi connectivity index (χ2n) is 5.83. The third-order valence-corrected chi connectivity index (χ3v) is 4.29. The standard InChI is InChI=1S/C18H15ClFN3O3/c19-13-3-1-11(2-4-13)17(25)21-22-18(26)12-9-16(24)23(10-12)15-7-5-14(20)6-8-15/h1-8,12H,9-10H2,(H,21,25)(H,22,26)/t12-/m1/s1. The largest absolute Gasteiger partial charge is 0.312 e. The molecule has 1 aliphatic rings. The van der Waals surface area contributed by atoms with Gasteiger partial charge in [0.15, 0.2) is 0 Å². The van der Waals surface area contributed by atoms with E-state index < -0.39 is 23.5 Å². The summed E-state index contributed by atoms with van der Waals surface area (Å²) < 4.78 is 13.0. The van der Waals surface area contributed by atoms with Gasteiger partial charge in [-0.3, -0.25) is 25.2 Å². The lowest BCUT2D eigenvalue weighted by atomic mass is 10.1. The van der Waals surface area contributed by atoms with Gasteiger partial charge in [0, 0.05) is 29.2 Å². The van der Waals surface area contributed by atoms with Crippen molar-refractivity contribution >= 4 is 35.0 Å². The summed E-state index contributed by atoms with van der Waals surface area (Å²) in [6, 6.07) is 11.7. The molecule has 8 heteroatoms. The highest BCUT2D eigenvalue weighted by molar-refractivity contribution is 6.30. The molecular formula is C18H15ClFN3O3. The molecule has 1 saturated heterocycles. The Hall–Kier alpha value is -2.93. The highest BCUT2D eigenvalue weighted by Crippen LogP contribution is 2.25. The zero-order chi connectivity index (χ0) is 18.7. The van der Waals surface area contributed by atoms with Gasteiger partial charge >= 0.3 is 0 Å². The Balaban J connectivity index is 1.57. The Morgan fingerprint density at radius 2 is 1.69 bits per heavy atom. The predicted octanol–water partition coefficient (Wildman–Crippen LogP) is 2.29. The van der Waals surface area contributed by atoms with Crippen LogP contribution in [0.2, 0.25) is 5.02 Å². The molecule has 1 fully saturated rings. The van der Waals surface area contributed by atoms with Crippen molar-refractivity contribution in [2.24, 2.45) is 5.92 Å². The predicted molar refractivity (Wildman–Crippen MR) is 93.9 cm³/mol. The number of anilines is 1. The van der Waals surface area contributed by atoms with Crippen molar-refractivity contribution in [2.45, 2.75) is 6.42 Å². The normalized spacial score (nSPS) is 16.5. The Labute approximate surface area is 153 Å². The second kappa shape index (κ2) is 7.53. The second-order valence-corrected chi connectivity index (χ2v) is 6.27. The van der Waals surface area contributed by atoms with Gasteiger partial charge in [-0.15, -0.1) is 0 Å². The Bertz CT molecular complexity index is 840. The van der Waals surface area contributed by atoms with Gasteiger partial charge in [-0.1, -0.05) is 11.6 Å². The number of amides is 3. The summed E-state index contributed by atoms with van der Waals surface area (Å²) in [5.41, 5.74) is 5.50. The first kappa shape index (κ1) is 17.9. The molecule has 2 aromatic rings. The van der Waals surface area contributed by atoms with Crippen LogP contribution in [0.5, 0.6) is 0 Å². The van der Waals surface area contributed by atoms with Crippen LogP contribution in [0.1, 0.15) is 16.8 Å². The number of hydrogen-bond acceptors (Lipinski definition) is 3. The van der Waals surface area contributed by atoms with Crippen LogP contribution in [-0.4, -0.2) is 24.3 Å². The highest BCUT2D eigenvalue weighted by Gasteiger charge is 2.35. The maximum atomic E-state index is 13.0. The third kappa shape index (κ3) is 4.00. The van der Waals surface area contributed by atoms with Crippen molar-refractivity contribution in [1.82, 2.24) is 10.9 Å². The van der Waals surface area contributed by atoms with Crippen molar-refractivity contribution in [3.05, 3.63) is 64.9 Å². The fourth-order valence-corrected chi connectivity index (χ4v) is 2.77. The lowest BCUT2D eigenvalue weighted by Crippen LogP contribution is -2.45. The van der Waals surface area contributed by atoms with Crippen molar-refractivity contribution in [3.8, 4) is 0 Å². The van der Waals surface area contributed by atoms with Gasteiger partial charge in [-0.2, -0.15) is 0 Å². The SMILES string of the molecule is O=C(NNC(=O)[C@@H]1CC(=O)N(c2ccc(F)cc2)C1)c1ccc(Cl)cc1. The van der Waals surface area contributed by atoms with E-state index in [2.05, 4.69) is 10.9 Å². The van der Waals surface area contributed by atoms with Crippen LogP contribution in [0.3, 0.4) is 0 Å². The maximum Gasteiger partial charge on any atom is 0.269 e. The molecule has 0 spiro atoms. The van der Waals surface area contributed by atoms with E-state index in [0.29, 0.717) is 16.3 Å². The van der Waals surface area contributed by atoms with Gasteiger partial charge in [0.1, 0.15) is 5.82 Å². The summed E-state index contributed by atoms with van der Waals surface area (Å²) in [6.45, 7) is 0.160. The Morgan fingerprint density at radius 1 is 1.04 bits per heavy atom. The van der Waals surface area contributed by atoms with Gasteiger partial charge in [-0.25, -0.2) is 4.39 Å². The van der Waals surface area contributed by atoms with Crippen LogP contribution < -0.4 is 15.8 Å². The van der Waals surface area contributed by atoms with E-state index in [-0.39, 0.29) is 18.9 Å². The molecular weight excluding hydrogens is 361 g/mol. The Morgan fingerprint density at radius 3 is 2.35 bits per heavy atom. The number of halogens is 2. The van der Waals surface area contributed by atoms with Crippen LogP contribution in [0.25, 0.3) is 0 Å². The molecule has 0 unspecified atom stereocenters. The van der Waals surface area contributed by atoms with E-state index in [1.807, 2.05) is 0 Å². The van der Waals surface area contributed by atoms with E-state index in [0.717, 1.165) is 0 Å². The van der Waals surface area contributed by atoms with Crippen molar-refractivity contribution in [2.75, 3.05) is 11.4 Å². The summed E-state index contributed by atoms with van der Waals surface area (Å²) in [5.74, 6) is -2.21. The smallest absolute Gasteiger partial charge is 0.269 e. The summed E-state index contributed by atoms with van der Waals surface area (Å²) in [7, 11) is 0. The lowest BCUT2D eigenvalue weighted by molar-refractivity contribution is -0.126. The summed E-state index contributed by atoms with van der Waals surface area (Å²) in [4.78, 5) is 37.7. The topological polar surface area (TPSA) is 78.5 Å². The van der Waals surface area contributed by atoms with Gasteiger partial charge in [0.25, 0.3) is 5.91 Å². The van der Waals surface area contributed by atoms with Crippen molar-refractivity contribution < 1.29 is 18.8 Å². The molecule has 134 valence electrons. The molecule has 3 rings (SSSR count). The maximum absolute atomic E-state index is 13.0. The highest BCUT2D eigenvalue weighted by atomic mass is 35.5. The van der Waals surface area contributed by atoms with Crippen LogP contribution in [-0.2, 0) is 9.59 Å². The first-order valence-electron chi connectivity index (χ1n) is 7.86. The van der Waals surface area contributed by atoms with Crippen LogP contribution in [0.4, 0.5) is 10.1 Å². The average Bonchev–Trinajstić information content (AvgIpc) is 3.02. The number of hydrogen-bond donors (Lipinski definition) is 2. The van der Waals surface area contributed by atoms with Crippen LogP contribution in [0, 0.1) is 11.7 Å². The molecule has 0 saturated carbocycles. The van der Waals surface area contributed by atoms with E-state index >= 15 is 0 Å². The minimum Gasteiger partial charge on any atom is -0.312 e. The molecule has 6 nitrogen and oxygen atoms in total.